The SMILES string of the molecule is O=C(O)/C(=C\c1c(Cl)[nH]c2ccccc12)NC(=O)c1ccccc1. The quantitative estimate of drug-likeness (QED) is 0.634. The van der Waals surface area contributed by atoms with Gasteiger partial charge in [-0.15, -0.1) is 0 Å². The number of halogens is 1. The molecule has 0 saturated carbocycles. The summed E-state index contributed by atoms with van der Waals surface area (Å²) in [6.45, 7) is 0. The van der Waals surface area contributed by atoms with E-state index in [1.54, 1.807) is 30.3 Å². The predicted molar refractivity (Wildman–Crippen MR) is 92.8 cm³/mol. The van der Waals surface area contributed by atoms with Gasteiger partial charge in [0.2, 0.25) is 0 Å². The van der Waals surface area contributed by atoms with Crippen LogP contribution in [0.15, 0.2) is 60.3 Å². The largest absolute Gasteiger partial charge is 0.477 e. The van der Waals surface area contributed by atoms with Crippen molar-refractivity contribution in [3.63, 3.8) is 0 Å². The standard InChI is InChI=1S/C18H13ClN2O3/c19-16-13(12-8-4-5-9-14(12)20-16)10-15(18(23)24)21-17(22)11-6-2-1-3-7-11/h1-10,20H,(H,21,22)(H,23,24)/b15-10+. The number of aliphatic carboxylic acids is 1. The van der Waals surface area contributed by atoms with Gasteiger partial charge in [0.1, 0.15) is 10.9 Å². The van der Waals surface area contributed by atoms with Crippen molar-refractivity contribution in [3.05, 3.63) is 76.6 Å². The third-order valence-electron chi connectivity index (χ3n) is 3.50. The number of hydrogen-bond donors (Lipinski definition) is 3. The van der Waals surface area contributed by atoms with Crippen molar-refractivity contribution >= 4 is 40.5 Å². The van der Waals surface area contributed by atoms with Gasteiger partial charge < -0.3 is 15.4 Å². The molecule has 0 aliphatic rings. The van der Waals surface area contributed by atoms with Crippen molar-refractivity contribution in [3.8, 4) is 0 Å². The van der Waals surface area contributed by atoms with Gasteiger partial charge in [-0.05, 0) is 24.3 Å². The maximum absolute atomic E-state index is 12.2. The summed E-state index contributed by atoms with van der Waals surface area (Å²) in [5.74, 6) is -1.75. The highest BCUT2D eigenvalue weighted by Gasteiger charge is 2.16. The molecule has 3 rings (SSSR count). The zero-order chi connectivity index (χ0) is 17.1. The topological polar surface area (TPSA) is 82.2 Å². The number of aromatic nitrogens is 1. The molecule has 120 valence electrons. The van der Waals surface area contributed by atoms with Gasteiger partial charge >= 0.3 is 5.97 Å². The van der Waals surface area contributed by atoms with E-state index in [2.05, 4.69) is 10.3 Å². The fourth-order valence-corrected chi connectivity index (χ4v) is 2.61. The zero-order valence-corrected chi connectivity index (χ0v) is 13.2. The summed E-state index contributed by atoms with van der Waals surface area (Å²) in [6, 6.07) is 15.7. The normalized spacial score (nSPS) is 11.5. The molecule has 1 aromatic heterocycles. The van der Waals surface area contributed by atoms with Crippen molar-refractivity contribution in [2.24, 2.45) is 0 Å². The number of fused-ring (bicyclic) bond motifs is 1. The minimum atomic E-state index is -1.25. The molecule has 1 heterocycles. The minimum Gasteiger partial charge on any atom is -0.477 e. The summed E-state index contributed by atoms with van der Waals surface area (Å²) in [7, 11) is 0. The van der Waals surface area contributed by atoms with Crippen LogP contribution in [0, 0.1) is 0 Å². The molecule has 0 unspecified atom stereocenters. The van der Waals surface area contributed by atoms with Crippen LogP contribution in [0.25, 0.3) is 17.0 Å². The molecule has 0 spiro atoms. The molecule has 3 N–H and O–H groups in total. The van der Waals surface area contributed by atoms with Crippen molar-refractivity contribution in [1.29, 1.82) is 0 Å². The molecule has 1 amide bonds. The summed E-state index contributed by atoms with van der Waals surface area (Å²) >= 11 is 6.16. The van der Waals surface area contributed by atoms with E-state index in [4.69, 9.17) is 11.6 Å². The summed E-state index contributed by atoms with van der Waals surface area (Å²) in [6.07, 6.45) is 1.35. The lowest BCUT2D eigenvalue weighted by atomic mass is 10.1. The number of amides is 1. The Bertz CT molecular complexity index is 945. The van der Waals surface area contributed by atoms with Gasteiger partial charge in [0, 0.05) is 22.0 Å². The van der Waals surface area contributed by atoms with E-state index in [9.17, 15) is 14.7 Å². The van der Waals surface area contributed by atoms with Crippen molar-refractivity contribution in [2.45, 2.75) is 0 Å². The van der Waals surface area contributed by atoms with E-state index in [1.165, 1.54) is 6.08 Å². The molecule has 5 nitrogen and oxygen atoms in total. The van der Waals surface area contributed by atoms with Crippen LogP contribution in [-0.4, -0.2) is 22.0 Å². The number of carbonyl (C=O) groups is 2. The molecule has 0 bridgehead atoms. The van der Waals surface area contributed by atoms with Crippen LogP contribution in [-0.2, 0) is 4.79 Å². The van der Waals surface area contributed by atoms with E-state index in [-0.39, 0.29) is 5.70 Å². The van der Waals surface area contributed by atoms with Gasteiger partial charge in [-0.25, -0.2) is 4.79 Å². The average Bonchev–Trinajstić information content (AvgIpc) is 2.90. The smallest absolute Gasteiger partial charge is 0.352 e. The first-order valence-electron chi connectivity index (χ1n) is 7.14. The zero-order valence-electron chi connectivity index (χ0n) is 12.4. The van der Waals surface area contributed by atoms with Crippen LogP contribution >= 0.6 is 11.6 Å². The molecule has 6 heteroatoms. The molecule has 0 saturated heterocycles. The first kappa shape index (κ1) is 15.8. The lowest BCUT2D eigenvalue weighted by molar-refractivity contribution is -0.132. The van der Waals surface area contributed by atoms with Crippen LogP contribution in [0.2, 0.25) is 5.15 Å². The number of rotatable bonds is 4. The van der Waals surface area contributed by atoms with Gasteiger partial charge in [0.25, 0.3) is 5.91 Å². The molecule has 0 aliphatic carbocycles. The highest BCUT2D eigenvalue weighted by Crippen LogP contribution is 2.27. The number of aromatic amines is 1. The predicted octanol–water partition coefficient (Wildman–Crippen LogP) is 3.68. The van der Waals surface area contributed by atoms with E-state index in [0.29, 0.717) is 16.3 Å². The van der Waals surface area contributed by atoms with Gasteiger partial charge in [-0.3, -0.25) is 4.79 Å². The monoisotopic (exact) mass is 340 g/mol. The van der Waals surface area contributed by atoms with Crippen LogP contribution in [0.4, 0.5) is 0 Å². The number of benzene rings is 2. The van der Waals surface area contributed by atoms with Crippen molar-refractivity contribution in [2.75, 3.05) is 0 Å². The molecular weight excluding hydrogens is 328 g/mol. The molecule has 0 atom stereocenters. The van der Waals surface area contributed by atoms with E-state index in [0.717, 1.165) is 10.9 Å². The number of carbonyl (C=O) groups excluding carboxylic acids is 1. The summed E-state index contributed by atoms with van der Waals surface area (Å²) in [5, 5.41) is 12.9. The Labute approximate surface area is 142 Å². The van der Waals surface area contributed by atoms with Gasteiger partial charge in [-0.1, -0.05) is 48.0 Å². The van der Waals surface area contributed by atoms with Crippen LogP contribution in [0.3, 0.4) is 0 Å². The van der Waals surface area contributed by atoms with E-state index in [1.807, 2.05) is 24.3 Å². The first-order chi connectivity index (χ1) is 11.6. The third kappa shape index (κ3) is 3.16. The highest BCUT2D eigenvalue weighted by atomic mass is 35.5. The van der Waals surface area contributed by atoms with Gasteiger partial charge in [-0.2, -0.15) is 0 Å². The van der Waals surface area contributed by atoms with Crippen molar-refractivity contribution in [1.82, 2.24) is 10.3 Å². The van der Waals surface area contributed by atoms with Gasteiger partial charge in [0.05, 0.1) is 0 Å². The molecule has 0 radical (unpaired) electrons. The lowest BCUT2D eigenvalue weighted by Crippen LogP contribution is -2.27. The Hall–Kier alpha value is -3.05. The molecule has 0 fully saturated rings. The second-order valence-corrected chi connectivity index (χ2v) is 5.46. The summed E-state index contributed by atoms with van der Waals surface area (Å²) in [4.78, 5) is 26.7. The Morgan fingerprint density at radius 2 is 1.71 bits per heavy atom. The summed E-state index contributed by atoms with van der Waals surface area (Å²) in [5.41, 5.74) is 1.41. The second-order valence-electron chi connectivity index (χ2n) is 5.08. The molecule has 2 aromatic carbocycles. The highest BCUT2D eigenvalue weighted by molar-refractivity contribution is 6.33. The number of hydrogen-bond acceptors (Lipinski definition) is 2. The fraction of sp³-hybridized carbons (Fsp3) is 0. The minimum absolute atomic E-state index is 0.254. The average molecular weight is 341 g/mol. The molecule has 24 heavy (non-hydrogen) atoms. The Kier molecular flexibility index (Phi) is 4.35. The number of nitrogens with one attached hydrogen (secondary N) is 2. The van der Waals surface area contributed by atoms with E-state index >= 15 is 0 Å². The summed E-state index contributed by atoms with van der Waals surface area (Å²) < 4.78 is 0. The molecular formula is C18H13ClN2O3. The maximum atomic E-state index is 12.2. The first-order valence-corrected chi connectivity index (χ1v) is 7.51. The third-order valence-corrected chi connectivity index (χ3v) is 3.80. The molecule has 3 aromatic rings. The van der Waals surface area contributed by atoms with Gasteiger partial charge in [0.15, 0.2) is 0 Å². The van der Waals surface area contributed by atoms with Crippen molar-refractivity contribution < 1.29 is 14.7 Å². The second kappa shape index (κ2) is 6.60. The molecule has 0 aliphatic heterocycles. The number of H-pyrrole nitrogens is 1. The Morgan fingerprint density at radius 3 is 2.42 bits per heavy atom. The van der Waals surface area contributed by atoms with E-state index < -0.39 is 11.9 Å². The number of carboxylic acids is 1. The van der Waals surface area contributed by atoms with Crippen LogP contribution in [0.1, 0.15) is 15.9 Å². The maximum Gasteiger partial charge on any atom is 0.352 e. The van der Waals surface area contributed by atoms with Crippen LogP contribution in [0.5, 0.6) is 0 Å². The Morgan fingerprint density at radius 1 is 1.04 bits per heavy atom. The fourth-order valence-electron chi connectivity index (χ4n) is 2.35. The number of para-hydroxylation sites is 1. The van der Waals surface area contributed by atoms with Crippen LogP contribution < -0.4 is 5.32 Å². The lowest BCUT2D eigenvalue weighted by Gasteiger charge is -2.06. The number of carboxylic acid groups (broad SMARTS) is 1. The Balaban J connectivity index is 1.99.